The molecule has 1 aromatic rings. The van der Waals surface area contributed by atoms with Crippen LogP contribution in [0.15, 0.2) is 0 Å². The van der Waals surface area contributed by atoms with Crippen molar-refractivity contribution in [3.8, 4) is 0 Å². The molecule has 0 aliphatic rings. The molecule has 0 fully saturated rings. The molecule has 0 spiro atoms. The van der Waals surface area contributed by atoms with Gasteiger partial charge in [-0.1, -0.05) is 24.2 Å². The lowest BCUT2D eigenvalue weighted by atomic mass is 10.2. The van der Waals surface area contributed by atoms with Gasteiger partial charge < -0.3 is 9.47 Å². The Hall–Kier alpha value is -1.88. The van der Waals surface area contributed by atoms with Crippen molar-refractivity contribution in [2.45, 2.75) is 26.2 Å². The summed E-state index contributed by atoms with van der Waals surface area (Å²) < 4.78 is 11.0. The van der Waals surface area contributed by atoms with Crippen LogP contribution in [0.2, 0.25) is 0 Å². The molecule has 0 saturated carbocycles. The average molecular weight is 334 g/mol. The van der Waals surface area contributed by atoms with Gasteiger partial charge in [-0.05, 0) is 13.3 Å². The highest BCUT2D eigenvalue weighted by Crippen LogP contribution is 2.17. The molecule has 2 amide bonds. The second kappa shape index (κ2) is 9.13. The average Bonchev–Trinajstić information content (AvgIpc) is 2.86. The third-order valence-electron chi connectivity index (χ3n) is 2.02. The fraction of sp³-hybridized carbons (Fsp3) is 0.500. The van der Waals surface area contributed by atoms with E-state index in [-0.39, 0.29) is 13.0 Å². The van der Waals surface area contributed by atoms with Crippen LogP contribution in [0, 0.1) is 0 Å². The van der Waals surface area contributed by atoms with E-state index in [0.29, 0.717) is 23.0 Å². The summed E-state index contributed by atoms with van der Waals surface area (Å²) in [6.07, 6.45) is -0.0355. The van der Waals surface area contributed by atoms with Crippen LogP contribution in [0.25, 0.3) is 0 Å². The Morgan fingerprint density at radius 2 is 2.10 bits per heavy atom. The lowest BCUT2D eigenvalue weighted by Crippen LogP contribution is -2.20. The second-order valence-corrected chi connectivity index (χ2v) is 4.86. The highest BCUT2D eigenvalue weighted by Gasteiger charge is 2.12. The number of nitrogens with zero attached hydrogens (tertiary/aromatic N) is 2. The van der Waals surface area contributed by atoms with Crippen LogP contribution < -0.4 is 10.0 Å². The third kappa shape index (κ3) is 6.90. The summed E-state index contributed by atoms with van der Waals surface area (Å²) in [4.78, 5) is 33.1. The minimum absolute atomic E-state index is 0.0539. The summed E-state index contributed by atoms with van der Waals surface area (Å²) in [6.45, 7) is 1.76. The van der Waals surface area contributed by atoms with Gasteiger partial charge in [0.25, 0.3) is 0 Å². The van der Waals surface area contributed by atoms with E-state index in [1.165, 1.54) is 11.3 Å². The number of anilines is 1. The molecule has 0 aliphatic carbocycles. The van der Waals surface area contributed by atoms with E-state index in [9.17, 15) is 14.4 Å². The molecule has 0 saturated heterocycles. The Balaban J connectivity index is 2.28. The molecule has 0 aromatic carbocycles. The zero-order chi connectivity index (χ0) is 15.7. The number of ether oxygens (including phenoxy) is 2. The zero-order valence-electron chi connectivity index (χ0n) is 11.1. The predicted octanol–water partition coefficient (Wildman–Crippen LogP) is 1.53. The molecule has 0 aliphatic heterocycles. The molecule has 116 valence electrons. The van der Waals surface area contributed by atoms with Gasteiger partial charge in [-0.3, -0.25) is 14.8 Å². The number of amides is 2. The van der Waals surface area contributed by atoms with E-state index >= 15 is 0 Å². The first-order chi connectivity index (χ1) is 10.0. The van der Waals surface area contributed by atoms with E-state index in [1.54, 1.807) is 6.92 Å². The monoisotopic (exact) mass is 334 g/mol. The van der Waals surface area contributed by atoms with Crippen LogP contribution in [0.5, 0.6) is 0 Å². The van der Waals surface area contributed by atoms with Crippen LogP contribution in [0.1, 0.15) is 24.8 Å². The van der Waals surface area contributed by atoms with Gasteiger partial charge in [-0.15, -0.1) is 10.2 Å². The first-order valence-electron chi connectivity index (χ1n) is 5.96. The van der Waals surface area contributed by atoms with Crippen LogP contribution >= 0.6 is 24.2 Å². The molecular formula is C10H14N4O5S2. The van der Waals surface area contributed by atoms with Gasteiger partial charge in [0.15, 0.2) is 0 Å². The van der Waals surface area contributed by atoms with Gasteiger partial charge in [0.1, 0.15) is 5.01 Å². The molecule has 0 unspecified atom stereocenters. The molecular weight excluding hydrogens is 320 g/mol. The molecule has 2 N–H and O–H groups in total. The van der Waals surface area contributed by atoms with Crippen molar-refractivity contribution >= 4 is 47.4 Å². The predicted molar refractivity (Wildman–Crippen MR) is 77.1 cm³/mol. The number of hydrogen-bond donors (Lipinski definition) is 3. The molecule has 11 heteroatoms. The molecule has 1 heterocycles. The molecule has 0 atom stereocenters. The Bertz CT molecular complexity index is 507. The zero-order valence-corrected chi connectivity index (χ0v) is 12.8. The molecule has 21 heavy (non-hydrogen) atoms. The molecule has 0 bridgehead atoms. The maximum absolute atomic E-state index is 11.3. The highest BCUT2D eigenvalue weighted by molar-refractivity contribution is 7.78. The maximum Gasteiger partial charge on any atom is 0.516 e. The minimum atomic E-state index is -0.998. The van der Waals surface area contributed by atoms with Gasteiger partial charge in [0.2, 0.25) is 5.13 Å². The van der Waals surface area contributed by atoms with Crippen LogP contribution in [0.3, 0.4) is 0 Å². The van der Waals surface area contributed by atoms with Crippen molar-refractivity contribution in [3.63, 3.8) is 0 Å². The van der Waals surface area contributed by atoms with Crippen LogP contribution in [0.4, 0.5) is 14.7 Å². The maximum atomic E-state index is 11.3. The number of urea groups is 1. The SMILES string of the molecule is CCOC(=O)OC(=O)CCCc1nnc(NC(=O)NS)s1. The number of rotatable bonds is 6. The third-order valence-corrected chi connectivity index (χ3v) is 3.12. The normalized spacial score (nSPS) is 9.81. The summed E-state index contributed by atoms with van der Waals surface area (Å²) in [5.41, 5.74) is 0. The Kier molecular flexibility index (Phi) is 7.46. The van der Waals surface area contributed by atoms with Gasteiger partial charge >= 0.3 is 18.2 Å². The van der Waals surface area contributed by atoms with Crippen molar-refractivity contribution in [1.82, 2.24) is 14.9 Å². The number of nitrogens with one attached hydrogen (secondary N) is 2. The number of aryl methyl sites for hydroxylation is 1. The van der Waals surface area contributed by atoms with Crippen molar-refractivity contribution in [2.75, 3.05) is 11.9 Å². The van der Waals surface area contributed by atoms with Crippen LogP contribution in [-0.4, -0.2) is 35.0 Å². The van der Waals surface area contributed by atoms with Crippen molar-refractivity contribution in [2.24, 2.45) is 0 Å². The van der Waals surface area contributed by atoms with Crippen LogP contribution in [-0.2, 0) is 20.7 Å². The Labute approximate surface area is 130 Å². The number of aromatic nitrogens is 2. The van der Waals surface area contributed by atoms with Crippen molar-refractivity contribution in [1.29, 1.82) is 0 Å². The molecule has 1 rings (SSSR count). The number of carbonyl (C=O) groups is 3. The number of thiol groups is 1. The lowest BCUT2D eigenvalue weighted by Gasteiger charge is -2.01. The fourth-order valence-electron chi connectivity index (χ4n) is 1.21. The highest BCUT2D eigenvalue weighted by atomic mass is 32.1. The largest absolute Gasteiger partial charge is 0.516 e. The molecule has 1 aromatic heterocycles. The Morgan fingerprint density at radius 3 is 2.76 bits per heavy atom. The first kappa shape index (κ1) is 17.2. The summed E-state index contributed by atoms with van der Waals surface area (Å²) in [5, 5.41) is 11.0. The summed E-state index contributed by atoms with van der Waals surface area (Å²) >= 11 is 4.76. The summed E-state index contributed by atoms with van der Waals surface area (Å²) in [6, 6.07) is -0.515. The number of carbonyl (C=O) groups excluding carboxylic acids is 3. The quantitative estimate of drug-likeness (QED) is 0.410. The van der Waals surface area contributed by atoms with E-state index in [2.05, 4.69) is 42.5 Å². The Morgan fingerprint density at radius 1 is 1.33 bits per heavy atom. The van der Waals surface area contributed by atoms with E-state index in [4.69, 9.17) is 0 Å². The minimum Gasteiger partial charge on any atom is -0.434 e. The molecule has 0 radical (unpaired) electrons. The van der Waals surface area contributed by atoms with Gasteiger partial charge in [0, 0.05) is 12.8 Å². The number of esters is 1. The van der Waals surface area contributed by atoms with E-state index in [0.717, 1.165) is 0 Å². The van der Waals surface area contributed by atoms with E-state index in [1.807, 2.05) is 0 Å². The second-order valence-electron chi connectivity index (χ2n) is 3.58. The van der Waals surface area contributed by atoms with E-state index < -0.39 is 18.2 Å². The fourth-order valence-corrected chi connectivity index (χ4v) is 2.04. The van der Waals surface area contributed by atoms with Gasteiger partial charge in [-0.25, -0.2) is 9.59 Å². The lowest BCUT2D eigenvalue weighted by molar-refractivity contribution is -0.139. The van der Waals surface area contributed by atoms with Crippen molar-refractivity contribution in [3.05, 3.63) is 5.01 Å². The smallest absolute Gasteiger partial charge is 0.434 e. The summed E-state index contributed by atoms with van der Waals surface area (Å²) in [7, 11) is 0. The van der Waals surface area contributed by atoms with Gasteiger partial charge in [0.05, 0.1) is 6.61 Å². The standard InChI is InChI=1S/C10H14N4O5S2/c1-2-18-10(17)19-7(15)5-3-4-6-12-13-9(21-6)11-8(16)14-20/h20H,2-5H2,1H3,(H2,11,13,14,16). The number of hydrogen-bond acceptors (Lipinski definition) is 9. The topological polar surface area (TPSA) is 120 Å². The van der Waals surface area contributed by atoms with Crippen molar-refractivity contribution < 1.29 is 23.9 Å². The molecule has 9 nitrogen and oxygen atoms in total. The summed E-state index contributed by atoms with van der Waals surface area (Å²) in [5.74, 6) is -0.661. The van der Waals surface area contributed by atoms with Gasteiger partial charge in [-0.2, -0.15) is 0 Å². The first-order valence-corrected chi connectivity index (χ1v) is 7.22.